The molecule has 0 aromatic carbocycles. The fourth-order valence-electron chi connectivity index (χ4n) is 1.87. The van der Waals surface area contributed by atoms with Crippen LogP contribution in [0.15, 0.2) is 23.2 Å². The maximum absolute atomic E-state index is 12.3. The predicted octanol–water partition coefficient (Wildman–Crippen LogP) is -0.103. The van der Waals surface area contributed by atoms with Gasteiger partial charge in [0.15, 0.2) is 0 Å². The maximum atomic E-state index is 12.3. The predicted molar refractivity (Wildman–Crippen MR) is 74.0 cm³/mol. The van der Waals surface area contributed by atoms with Crippen LogP contribution in [0, 0.1) is 0 Å². The van der Waals surface area contributed by atoms with Gasteiger partial charge in [-0.25, -0.2) is 13.4 Å². The zero-order valence-electron chi connectivity index (χ0n) is 11.2. The van der Waals surface area contributed by atoms with Gasteiger partial charge in [0.1, 0.15) is 10.7 Å². The van der Waals surface area contributed by atoms with Crippen LogP contribution in [0.5, 0.6) is 0 Å². The van der Waals surface area contributed by atoms with Crippen molar-refractivity contribution in [2.45, 2.75) is 11.3 Å². The summed E-state index contributed by atoms with van der Waals surface area (Å²) in [6, 6.07) is 3.17. The molecular formula is C12H19N3O4S. The third kappa shape index (κ3) is 3.66. The average Bonchev–Trinajstić information content (AvgIpc) is 2.49. The Bertz CT molecular complexity index is 512. The average molecular weight is 301 g/mol. The van der Waals surface area contributed by atoms with Crippen LogP contribution in [0.2, 0.25) is 0 Å². The van der Waals surface area contributed by atoms with Gasteiger partial charge in [0.05, 0.1) is 13.2 Å². The number of nitrogens with one attached hydrogen (secondary N) is 1. The standard InChI is InChI=1S/C12H19N3O4S/c16-7-1-4-13-12-3-2-11(10-14-12)20(17,18)15-5-8-19-9-6-15/h2-3,10,16H,1,4-9H2,(H,13,14). The molecule has 2 N–H and O–H groups in total. The topological polar surface area (TPSA) is 91.8 Å². The van der Waals surface area contributed by atoms with Crippen LogP contribution in [0.3, 0.4) is 0 Å². The summed E-state index contributed by atoms with van der Waals surface area (Å²) >= 11 is 0. The smallest absolute Gasteiger partial charge is 0.244 e. The van der Waals surface area contributed by atoms with E-state index in [1.54, 1.807) is 12.1 Å². The Labute approximate surface area is 118 Å². The summed E-state index contributed by atoms with van der Waals surface area (Å²) in [6.45, 7) is 2.30. The zero-order chi connectivity index (χ0) is 14.4. The lowest BCUT2D eigenvalue weighted by molar-refractivity contribution is 0.0730. The van der Waals surface area contributed by atoms with Crippen molar-refractivity contribution in [2.75, 3.05) is 44.8 Å². The van der Waals surface area contributed by atoms with Gasteiger partial charge in [0.2, 0.25) is 10.0 Å². The van der Waals surface area contributed by atoms with Crippen molar-refractivity contribution in [3.05, 3.63) is 18.3 Å². The maximum Gasteiger partial charge on any atom is 0.244 e. The third-order valence-electron chi connectivity index (χ3n) is 2.99. The van der Waals surface area contributed by atoms with Crippen LogP contribution in [-0.2, 0) is 14.8 Å². The Kier molecular flexibility index (Phi) is 5.30. The highest BCUT2D eigenvalue weighted by molar-refractivity contribution is 7.89. The molecule has 7 nitrogen and oxygen atoms in total. The van der Waals surface area contributed by atoms with E-state index in [2.05, 4.69) is 10.3 Å². The number of rotatable bonds is 6. The van der Waals surface area contributed by atoms with E-state index in [0.717, 1.165) is 0 Å². The van der Waals surface area contributed by atoms with Gasteiger partial charge in [0, 0.05) is 32.4 Å². The fourth-order valence-corrected chi connectivity index (χ4v) is 3.22. The van der Waals surface area contributed by atoms with Crippen LogP contribution in [0.1, 0.15) is 6.42 Å². The first-order valence-corrected chi connectivity index (χ1v) is 7.97. The number of aliphatic hydroxyl groups excluding tert-OH is 1. The molecule has 0 atom stereocenters. The fraction of sp³-hybridized carbons (Fsp3) is 0.583. The van der Waals surface area contributed by atoms with Crippen LogP contribution < -0.4 is 5.32 Å². The number of anilines is 1. The van der Waals surface area contributed by atoms with Gasteiger partial charge in [-0.05, 0) is 18.6 Å². The van der Waals surface area contributed by atoms with Crippen molar-refractivity contribution in [3.8, 4) is 0 Å². The molecule has 0 saturated carbocycles. The van der Waals surface area contributed by atoms with Crippen LogP contribution >= 0.6 is 0 Å². The molecule has 1 aromatic heterocycles. The van der Waals surface area contributed by atoms with E-state index in [1.165, 1.54) is 10.5 Å². The number of aromatic nitrogens is 1. The van der Waals surface area contributed by atoms with Crippen molar-refractivity contribution in [3.63, 3.8) is 0 Å². The Balaban J connectivity index is 2.04. The Morgan fingerprint density at radius 3 is 2.70 bits per heavy atom. The molecule has 1 aliphatic heterocycles. The summed E-state index contributed by atoms with van der Waals surface area (Å²) < 4.78 is 31.2. The summed E-state index contributed by atoms with van der Waals surface area (Å²) in [5, 5.41) is 11.7. The van der Waals surface area contributed by atoms with E-state index in [4.69, 9.17) is 9.84 Å². The lowest BCUT2D eigenvalue weighted by Gasteiger charge is -2.25. The largest absolute Gasteiger partial charge is 0.396 e. The molecule has 2 rings (SSSR count). The van der Waals surface area contributed by atoms with Gasteiger partial charge >= 0.3 is 0 Å². The molecule has 0 amide bonds. The SMILES string of the molecule is O=S(=O)(c1ccc(NCCCO)nc1)N1CCOCC1. The van der Waals surface area contributed by atoms with Gasteiger partial charge in [-0.3, -0.25) is 0 Å². The minimum absolute atomic E-state index is 0.108. The van der Waals surface area contributed by atoms with Crippen molar-refractivity contribution in [1.29, 1.82) is 0 Å². The quantitative estimate of drug-likeness (QED) is 0.713. The molecule has 0 aliphatic carbocycles. The van der Waals surface area contributed by atoms with Gasteiger partial charge in [-0.2, -0.15) is 4.31 Å². The highest BCUT2D eigenvalue weighted by atomic mass is 32.2. The summed E-state index contributed by atoms with van der Waals surface area (Å²) in [6.07, 6.45) is 1.97. The first kappa shape index (κ1) is 15.2. The summed E-state index contributed by atoms with van der Waals surface area (Å²) in [5.41, 5.74) is 0. The van der Waals surface area contributed by atoms with Crippen molar-refractivity contribution in [1.82, 2.24) is 9.29 Å². The number of hydrogen-bond acceptors (Lipinski definition) is 6. The number of nitrogens with zero attached hydrogens (tertiary/aromatic N) is 2. The van der Waals surface area contributed by atoms with Gasteiger partial charge < -0.3 is 15.2 Å². The number of aliphatic hydroxyl groups is 1. The molecule has 1 aliphatic rings. The number of sulfonamides is 1. The van der Waals surface area contributed by atoms with Gasteiger partial charge in [-0.1, -0.05) is 0 Å². The molecular weight excluding hydrogens is 282 g/mol. The van der Waals surface area contributed by atoms with Crippen molar-refractivity contribution < 1.29 is 18.3 Å². The third-order valence-corrected chi connectivity index (χ3v) is 4.87. The minimum Gasteiger partial charge on any atom is -0.396 e. The highest BCUT2D eigenvalue weighted by Crippen LogP contribution is 2.17. The minimum atomic E-state index is -3.48. The molecule has 0 spiro atoms. The summed E-state index contributed by atoms with van der Waals surface area (Å²) in [4.78, 5) is 4.27. The summed E-state index contributed by atoms with van der Waals surface area (Å²) in [5.74, 6) is 0.597. The van der Waals surface area contributed by atoms with Gasteiger partial charge in [-0.15, -0.1) is 0 Å². The number of ether oxygens (including phenoxy) is 1. The normalized spacial score (nSPS) is 17.1. The van der Waals surface area contributed by atoms with E-state index >= 15 is 0 Å². The highest BCUT2D eigenvalue weighted by Gasteiger charge is 2.26. The number of pyridine rings is 1. The van der Waals surface area contributed by atoms with E-state index in [9.17, 15) is 8.42 Å². The first-order valence-electron chi connectivity index (χ1n) is 6.53. The van der Waals surface area contributed by atoms with Crippen molar-refractivity contribution >= 4 is 15.8 Å². The Morgan fingerprint density at radius 2 is 2.10 bits per heavy atom. The van der Waals surface area contributed by atoms with Crippen LogP contribution in [0.25, 0.3) is 0 Å². The second kappa shape index (κ2) is 6.98. The van der Waals surface area contributed by atoms with Gasteiger partial charge in [0.25, 0.3) is 0 Å². The molecule has 2 heterocycles. The summed E-state index contributed by atoms with van der Waals surface area (Å²) in [7, 11) is -3.48. The van der Waals surface area contributed by atoms with E-state index in [0.29, 0.717) is 45.1 Å². The molecule has 1 saturated heterocycles. The monoisotopic (exact) mass is 301 g/mol. The zero-order valence-corrected chi connectivity index (χ0v) is 12.0. The second-order valence-electron chi connectivity index (χ2n) is 4.40. The van der Waals surface area contributed by atoms with Crippen molar-refractivity contribution in [2.24, 2.45) is 0 Å². The lowest BCUT2D eigenvalue weighted by Crippen LogP contribution is -2.40. The first-order chi connectivity index (χ1) is 9.64. The van der Waals surface area contributed by atoms with E-state index in [-0.39, 0.29) is 11.5 Å². The molecule has 112 valence electrons. The van der Waals surface area contributed by atoms with E-state index < -0.39 is 10.0 Å². The molecule has 0 radical (unpaired) electrons. The molecule has 0 bridgehead atoms. The number of hydrogen-bond donors (Lipinski definition) is 2. The second-order valence-corrected chi connectivity index (χ2v) is 6.34. The van der Waals surface area contributed by atoms with E-state index in [1.807, 2.05) is 0 Å². The Hall–Kier alpha value is -1.22. The molecule has 20 heavy (non-hydrogen) atoms. The molecule has 1 fully saturated rings. The Morgan fingerprint density at radius 1 is 1.35 bits per heavy atom. The molecule has 0 unspecified atom stereocenters. The van der Waals surface area contributed by atoms with Crippen LogP contribution in [-0.4, -0.2) is 62.3 Å². The number of morpholine rings is 1. The van der Waals surface area contributed by atoms with Crippen LogP contribution in [0.4, 0.5) is 5.82 Å². The molecule has 1 aromatic rings. The lowest BCUT2D eigenvalue weighted by atomic mass is 10.4. The molecule has 8 heteroatoms.